The zero-order chi connectivity index (χ0) is 14.1. The van der Waals surface area contributed by atoms with E-state index in [1.807, 2.05) is 24.3 Å². The molecule has 0 amide bonds. The van der Waals surface area contributed by atoms with E-state index in [4.69, 9.17) is 10.5 Å². The molecule has 1 aliphatic carbocycles. The minimum absolute atomic E-state index is 0.274. The minimum atomic E-state index is -0.296. The molecule has 0 saturated carbocycles. The lowest BCUT2D eigenvalue weighted by atomic mass is 9.93. The van der Waals surface area contributed by atoms with E-state index in [9.17, 15) is 4.79 Å². The fraction of sp³-hybridized carbons (Fsp3) is 0.235. The van der Waals surface area contributed by atoms with Gasteiger partial charge in [-0.1, -0.05) is 30.3 Å². The molecular weight excluding hydrogens is 250 g/mol. The molecule has 1 aliphatic rings. The van der Waals surface area contributed by atoms with E-state index in [-0.39, 0.29) is 11.9 Å². The zero-order valence-electron chi connectivity index (χ0n) is 11.4. The fourth-order valence-electron chi connectivity index (χ4n) is 3.03. The van der Waals surface area contributed by atoms with Crippen LogP contribution >= 0.6 is 0 Å². The normalized spacial score (nSPS) is 15.6. The molecule has 0 saturated heterocycles. The molecule has 0 spiro atoms. The molecule has 0 heterocycles. The molecule has 0 aromatic heterocycles. The van der Waals surface area contributed by atoms with Crippen molar-refractivity contribution in [2.24, 2.45) is 5.73 Å². The SMILES string of the molecule is COC(=O)c1ccc2c(c1)C(CCN)c1ccccc1-2. The van der Waals surface area contributed by atoms with Crippen LogP contribution in [0.1, 0.15) is 33.8 Å². The van der Waals surface area contributed by atoms with Crippen molar-refractivity contribution in [3.63, 3.8) is 0 Å². The molecule has 1 atom stereocenters. The van der Waals surface area contributed by atoms with E-state index < -0.39 is 0 Å². The lowest BCUT2D eigenvalue weighted by molar-refractivity contribution is 0.0600. The van der Waals surface area contributed by atoms with Gasteiger partial charge >= 0.3 is 5.97 Å². The number of ether oxygens (including phenoxy) is 1. The van der Waals surface area contributed by atoms with Crippen LogP contribution in [0, 0.1) is 0 Å². The van der Waals surface area contributed by atoms with Crippen molar-refractivity contribution >= 4 is 5.97 Å². The highest BCUT2D eigenvalue weighted by Crippen LogP contribution is 2.46. The van der Waals surface area contributed by atoms with Gasteiger partial charge in [0, 0.05) is 5.92 Å². The first-order valence-electron chi connectivity index (χ1n) is 6.78. The number of esters is 1. The standard InChI is InChI=1S/C17H17NO2/c1-20-17(19)11-6-7-14-12-4-2-3-5-13(12)15(8-9-18)16(14)10-11/h2-7,10,15H,8-9,18H2,1H3. The van der Waals surface area contributed by atoms with Gasteiger partial charge in [-0.05, 0) is 47.4 Å². The number of hydrogen-bond donors (Lipinski definition) is 1. The number of benzene rings is 2. The second-order valence-corrected chi connectivity index (χ2v) is 5.01. The summed E-state index contributed by atoms with van der Waals surface area (Å²) < 4.78 is 4.80. The van der Waals surface area contributed by atoms with Crippen LogP contribution in [0.4, 0.5) is 0 Å². The Kier molecular flexibility index (Phi) is 3.28. The molecule has 3 nitrogen and oxygen atoms in total. The minimum Gasteiger partial charge on any atom is -0.465 e. The first-order chi connectivity index (χ1) is 9.76. The fourth-order valence-corrected chi connectivity index (χ4v) is 3.03. The largest absolute Gasteiger partial charge is 0.465 e. The summed E-state index contributed by atoms with van der Waals surface area (Å²) in [5.74, 6) is -0.0222. The predicted octanol–water partition coefficient (Wildman–Crippen LogP) is 2.93. The third-order valence-electron chi connectivity index (χ3n) is 3.93. The highest BCUT2D eigenvalue weighted by molar-refractivity contribution is 5.92. The van der Waals surface area contributed by atoms with E-state index in [1.54, 1.807) is 0 Å². The molecule has 2 aromatic rings. The van der Waals surface area contributed by atoms with E-state index in [1.165, 1.54) is 29.4 Å². The van der Waals surface area contributed by atoms with Gasteiger partial charge in [0.15, 0.2) is 0 Å². The van der Waals surface area contributed by atoms with E-state index in [2.05, 4.69) is 18.2 Å². The maximum atomic E-state index is 11.7. The molecule has 2 aromatic carbocycles. The van der Waals surface area contributed by atoms with Crippen LogP contribution in [-0.2, 0) is 4.74 Å². The Hall–Kier alpha value is -2.13. The zero-order valence-corrected chi connectivity index (χ0v) is 11.4. The number of hydrogen-bond acceptors (Lipinski definition) is 3. The lowest BCUT2D eigenvalue weighted by Crippen LogP contribution is -2.07. The number of carbonyl (C=O) groups excluding carboxylic acids is 1. The second kappa shape index (κ2) is 5.10. The summed E-state index contributed by atoms with van der Waals surface area (Å²) in [6.07, 6.45) is 0.884. The Morgan fingerprint density at radius 3 is 2.65 bits per heavy atom. The summed E-state index contributed by atoms with van der Waals surface area (Å²) >= 11 is 0. The molecule has 3 heteroatoms. The average Bonchev–Trinajstić information content (AvgIpc) is 2.81. The van der Waals surface area contributed by atoms with Gasteiger partial charge in [-0.2, -0.15) is 0 Å². The van der Waals surface area contributed by atoms with Gasteiger partial charge in [0.05, 0.1) is 12.7 Å². The highest BCUT2D eigenvalue weighted by atomic mass is 16.5. The van der Waals surface area contributed by atoms with Crippen molar-refractivity contribution in [1.82, 2.24) is 0 Å². The Morgan fingerprint density at radius 2 is 1.90 bits per heavy atom. The molecule has 102 valence electrons. The van der Waals surface area contributed by atoms with Gasteiger partial charge in [-0.3, -0.25) is 0 Å². The molecule has 0 aliphatic heterocycles. The summed E-state index contributed by atoms with van der Waals surface area (Å²) in [7, 11) is 1.40. The maximum Gasteiger partial charge on any atom is 0.337 e. The third-order valence-corrected chi connectivity index (χ3v) is 3.93. The summed E-state index contributed by atoms with van der Waals surface area (Å²) in [5, 5.41) is 0. The second-order valence-electron chi connectivity index (χ2n) is 5.01. The van der Waals surface area contributed by atoms with Gasteiger partial charge in [0.1, 0.15) is 0 Å². The number of carbonyl (C=O) groups is 1. The first-order valence-corrected chi connectivity index (χ1v) is 6.78. The number of rotatable bonds is 3. The molecule has 1 unspecified atom stereocenters. The molecular formula is C17H17NO2. The average molecular weight is 267 g/mol. The molecule has 2 N–H and O–H groups in total. The van der Waals surface area contributed by atoms with Crippen molar-refractivity contribution in [1.29, 1.82) is 0 Å². The van der Waals surface area contributed by atoms with Gasteiger partial charge in [0.2, 0.25) is 0 Å². The van der Waals surface area contributed by atoms with Crippen LogP contribution in [0.25, 0.3) is 11.1 Å². The Balaban J connectivity index is 2.14. The summed E-state index contributed by atoms with van der Waals surface area (Å²) in [4.78, 5) is 11.7. The topological polar surface area (TPSA) is 52.3 Å². The Morgan fingerprint density at radius 1 is 1.15 bits per heavy atom. The molecule has 0 bridgehead atoms. The van der Waals surface area contributed by atoms with Crippen LogP contribution in [0.3, 0.4) is 0 Å². The Bertz CT molecular complexity index is 664. The van der Waals surface area contributed by atoms with Crippen LogP contribution in [0.15, 0.2) is 42.5 Å². The van der Waals surface area contributed by atoms with Crippen LogP contribution in [0.2, 0.25) is 0 Å². The first kappa shape index (κ1) is 12.9. The van der Waals surface area contributed by atoms with Gasteiger partial charge < -0.3 is 10.5 Å². The van der Waals surface area contributed by atoms with Crippen molar-refractivity contribution < 1.29 is 9.53 Å². The molecule has 0 radical (unpaired) electrons. The quantitative estimate of drug-likeness (QED) is 0.870. The highest BCUT2D eigenvalue weighted by Gasteiger charge is 2.28. The van der Waals surface area contributed by atoms with Gasteiger partial charge in [-0.15, -0.1) is 0 Å². The number of nitrogens with two attached hydrogens (primary N) is 1. The summed E-state index contributed by atoms with van der Waals surface area (Å²) in [5.41, 5.74) is 11.3. The van der Waals surface area contributed by atoms with Crippen LogP contribution < -0.4 is 5.73 Å². The number of fused-ring (bicyclic) bond motifs is 3. The smallest absolute Gasteiger partial charge is 0.337 e. The lowest BCUT2D eigenvalue weighted by Gasteiger charge is -2.12. The maximum absolute atomic E-state index is 11.7. The van der Waals surface area contributed by atoms with Crippen LogP contribution in [-0.4, -0.2) is 19.6 Å². The molecule has 3 rings (SSSR count). The molecule has 0 fully saturated rings. The van der Waals surface area contributed by atoms with Gasteiger partial charge in [-0.25, -0.2) is 4.79 Å². The predicted molar refractivity (Wildman–Crippen MR) is 78.7 cm³/mol. The van der Waals surface area contributed by atoms with Gasteiger partial charge in [0.25, 0.3) is 0 Å². The third kappa shape index (κ3) is 1.91. The summed E-state index contributed by atoms with van der Waals surface area (Å²) in [6, 6.07) is 14.2. The van der Waals surface area contributed by atoms with E-state index in [0.29, 0.717) is 12.1 Å². The van der Waals surface area contributed by atoms with Crippen LogP contribution in [0.5, 0.6) is 0 Å². The van der Waals surface area contributed by atoms with Crippen molar-refractivity contribution in [3.8, 4) is 11.1 Å². The molecule has 20 heavy (non-hydrogen) atoms. The van der Waals surface area contributed by atoms with E-state index in [0.717, 1.165) is 6.42 Å². The van der Waals surface area contributed by atoms with Crippen molar-refractivity contribution in [2.45, 2.75) is 12.3 Å². The van der Waals surface area contributed by atoms with Crippen molar-refractivity contribution in [3.05, 3.63) is 59.2 Å². The van der Waals surface area contributed by atoms with E-state index >= 15 is 0 Å². The Labute approximate surface area is 118 Å². The summed E-state index contributed by atoms with van der Waals surface area (Å²) in [6.45, 7) is 0.626. The number of methoxy groups -OCH3 is 1. The van der Waals surface area contributed by atoms with Crippen molar-refractivity contribution in [2.75, 3.05) is 13.7 Å². The monoisotopic (exact) mass is 267 g/mol.